The zero-order valence-electron chi connectivity index (χ0n) is 14.5. The molecule has 1 heterocycles. The molecule has 0 amide bonds. The van der Waals surface area contributed by atoms with Gasteiger partial charge in [-0.3, -0.25) is 4.79 Å². The Morgan fingerprint density at radius 1 is 1.04 bits per heavy atom. The van der Waals surface area contributed by atoms with Crippen LogP contribution in [0.25, 0.3) is 0 Å². The number of aromatic nitrogens is 2. The van der Waals surface area contributed by atoms with Gasteiger partial charge in [0.2, 0.25) is 5.95 Å². The molecule has 130 valence electrons. The topological polar surface area (TPSA) is 64.1 Å². The third kappa shape index (κ3) is 3.28. The van der Waals surface area contributed by atoms with Crippen LogP contribution in [-0.2, 0) is 6.42 Å². The van der Waals surface area contributed by atoms with Gasteiger partial charge in [-0.2, -0.15) is 0 Å². The Morgan fingerprint density at radius 3 is 2.54 bits per heavy atom. The summed E-state index contributed by atoms with van der Waals surface area (Å²) in [5.41, 5.74) is 3.48. The molecule has 26 heavy (non-hydrogen) atoms. The van der Waals surface area contributed by atoms with Gasteiger partial charge in [-0.25, -0.2) is 9.97 Å². The molecule has 1 aromatic heterocycles. The molecule has 0 saturated carbocycles. The van der Waals surface area contributed by atoms with Gasteiger partial charge in [-0.1, -0.05) is 30.3 Å². The molecule has 1 atom stereocenters. The number of nitrogens with one attached hydrogen (secondary N) is 1. The molecule has 0 saturated heterocycles. The van der Waals surface area contributed by atoms with Crippen LogP contribution in [0.15, 0.2) is 60.8 Å². The second-order valence-electron chi connectivity index (χ2n) is 6.35. The van der Waals surface area contributed by atoms with E-state index in [0.29, 0.717) is 17.9 Å². The number of carbonyl (C=O) groups is 1. The molecule has 1 aliphatic rings. The van der Waals surface area contributed by atoms with E-state index in [1.165, 1.54) is 0 Å². The quantitative estimate of drug-likeness (QED) is 0.770. The maximum Gasteiger partial charge on any atom is 0.227 e. The molecule has 2 aromatic carbocycles. The first-order valence-electron chi connectivity index (χ1n) is 8.58. The van der Waals surface area contributed by atoms with Crippen molar-refractivity contribution in [2.75, 3.05) is 12.4 Å². The summed E-state index contributed by atoms with van der Waals surface area (Å²) in [6.07, 6.45) is 2.84. The number of hydrogen-bond donors (Lipinski definition) is 1. The predicted octanol–water partition coefficient (Wildman–Crippen LogP) is 4.14. The molecule has 0 spiro atoms. The molecule has 1 unspecified atom stereocenters. The summed E-state index contributed by atoms with van der Waals surface area (Å²) < 4.78 is 5.21. The minimum Gasteiger partial charge on any atom is -0.497 e. The van der Waals surface area contributed by atoms with E-state index in [2.05, 4.69) is 15.3 Å². The lowest BCUT2D eigenvalue weighted by Crippen LogP contribution is -2.21. The van der Waals surface area contributed by atoms with E-state index in [-0.39, 0.29) is 11.7 Å². The van der Waals surface area contributed by atoms with Crippen molar-refractivity contribution in [2.45, 2.75) is 18.8 Å². The molecule has 0 bridgehead atoms. The number of para-hydroxylation sites is 1. The third-order valence-corrected chi connectivity index (χ3v) is 4.66. The molecule has 1 aliphatic carbocycles. The van der Waals surface area contributed by atoms with Gasteiger partial charge in [0.1, 0.15) is 5.75 Å². The van der Waals surface area contributed by atoms with E-state index in [9.17, 15) is 4.79 Å². The van der Waals surface area contributed by atoms with Crippen LogP contribution in [0.5, 0.6) is 5.75 Å². The first kappa shape index (κ1) is 16.3. The highest BCUT2D eigenvalue weighted by molar-refractivity contribution is 5.98. The van der Waals surface area contributed by atoms with Crippen molar-refractivity contribution in [3.8, 4) is 5.75 Å². The van der Waals surface area contributed by atoms with Crippen LogP contribution >= 0.6 is 0 Å². The van der Waals surface area contributed by atoms with E-state index in [1.54, 1.807) is 13.3 Å². The van der Waals surface area contributed by atoms with Crippen LogP contribution < -0.4 is 10.1 Å². The fourth-order valence-electron chi connectivity index (χ4n) is 3.27. The van der Waals surface area contributed by atoms with E-state index in [1.807, 2.05) is 54.6 Å². The monoisotopic (exact) mass is 345 g/mol. The van der Waals surface area contributed by atoms with Gasteiger partial charge in [0.25, 0.3) is 0 Å². The van der Waals surface area contributed by atoms with Crippen molar-refractivity contribution < 1.29 is 9.53 Å². The lowest BCUT2D eigenvalue weighted by atomic mass is 9.82. The zero-order valence-corrected chi connectivity index (χ0v) is 14.5. The number of fused-ring (bicyclic) bond motifs is 1. The third-order valence-electron chi connectivity index (χ3n) is 4.66. The normalized spacial score (nSPS) is 16.0. The Kier molecular flexibility index (Phi) is 4.35. The fourth-order valence-corrected chi connectivity index (χ4v) is 3.27. The Balaban J connectivity index is 1.59. The molecule has 5 heteroatoms. The highest BCUT2D eigenvalue weighted by Gasteiger charge is 2.28. The maximum absolute atomic E-state index is 12.5. The minimum absolute atomic E-state index is 0.0957. The summed E-state index contributed by atoms with van der Waals surface area (Å²) in [6.45, 7) is 0. The Bertz CT molecular complexity index is 924. The second kappa shape index (κ2) is 6.96. The van der Waals surface area contributed by atoms with Gasteiger partial charge < -0.3 is 10.1 Å². The Hall–Kier alpha value is -3.21. The van der Waals surface area contributed by atoms with Crippen molar-refractivity contribution >= 4 is 17.4 Å². The van der Waals surface area contributed by atoms with Crippen LogP contribution in [0.2, 0.25) is 0 Å². The summed E-state index contributed by atoms with van der Waals surface area (Å²) in [7, 11) is 1.65. The van der Waals surface area contributed by atoms with Crippen molar-refractivity contribution in [3.63, 3.8) is 0 Å². The van der Waals surface area contributed by atoms with Gasteiger partial charge in [-0.15, -0.1) is 0 Å². The van der Waals surface area contributed by atoms with Gasteiger partial charge in [-0.05, 0) is 42.2 Å². The number of methoxy groups -OCH3 is 1. The number of ether oxygens (including phenoxy) is 1. The first-order chi connectivity index (χ1) is 12.7. The minimum atomic E-state index is 0.0957. The van der Waals surface area contributed by atoms with Crippen LogP contribution in [-0.4, -0.2) is 22.9 Å². The van der Waals surface area contributed by atoms with Gasteiger partial charge in [0, 0.05) is 18.3 Å². The summed E-state index contributed by atoms with van der Waals surface area (Å²) in [5, 5.41) is 3.19. The van der Waals surface area contributed by atoms with E-state index < -0.39 is 0 Å². The van der Waals surface area contributed by atoms with E-state index in [0.717, 1.165) is 29.1 Å². The fraction of sp³-hybridized carbons (Fsp3) is 0.190. The number of anilines is 2. The summed E-state index contributed by atoms with van der Waals surface area (Å²) in [5.74, 6) is 1.55. The van der Waals surface area contributed by atoms with Crippen molar-refractivity contribution in [3.05, 3.63) is 77.6 Å². The van der Waals surface area contributed by atoms with Crippen LogP contribution in [0, 0.1) is 0 Å². The number of carbonyl (C=O) groups excluding carboxylic acids is 1. The summed E-state index contributed by atoms with van der Waals surface area (Å²) in [6, 6.07) is 17.7. The van der Waals surface area contributed by atoms with Crippen LogP contribution in [0.3, 0.4) is 0 Å². The van der Waals surface area contributed by atoms with Crippen LogP contribution in [0.4, 0.5) is 11.6 Å². The smallest absolute Gasteiger partial charge is 0.227 e. The SMILES string of the molecule is COc1ccc(C2CC(=O)c3cnc(Nc4ccccc4)nc3C2)cc1. The highest BCUT2D eigenvalue weighted by atomic mass is 16.5. The number of ketones is 1. The van der Waals surface area contributed by atoms with E-state index >= 15 is 0 Å². The van der Waals surface area contributed by atoms with E-state index in [4.69, 9.17) is 4.74 Å². The molecular weight excluding hydrogens is 326 g/mol. The Labute approximate surface area is 152 Å². The van der Waals surface area contributed by atoms with Crippen molar-refractivity contribution in [1.82, 2.24) is 9.97 Å². The summed E-state index contributed by atoms with van der Waals surface area (Å²) >= 11 is 0. The number of Topliss-reactive ketones (excluding diaryl/α,β-unsaturated/α-hetero) is 1. The Morgan fingerprint density at radius 2 is 1.81 bits per heavy atom. The zero-order chi connectivity index (χ0) is 17.9. The van der Waals surface area contributed by atoms with Crippen LogP contribution in [0.1, 0.15) is 34.0 Å². The summed E-state index contributed by atoms with van der Waals surface area (Å²) in [4.78, 5) is 21.4. The average Bonchev–Trinajstić information content (AvgIpc) is 2.68. The molecular formula is C21H19N3O2. The van der Waals surface area contributed by atoms with Gasteiger partial charge >= 0.3 is 0 Å². The number of rotatable bonds is 4. The molecule has 5 nitrogen and oxygen atoms in total. The molecule has 4 rings (SSSR count). The average molecular weight is 345 g/mol. The van der Waals surface area contributed by atoms with Gasteiger partial charge in [0.05, 0.1) is 18.4 Å². The molecule has 0 fully saturated rings. The molecule has 0 aliphatic heterocycles. The molecule has 1 N–H and O–H groups in total. The molecule has 0 radical (unpaired) electrons. The van der Waals surface area contributed by atoms with Crippen molar-refractivity contribution in [1.29, 1.82) is 0 Å². The van der Waals surface area contributed by atoms with Crippen molar-refractivity contribution in [2.24, 2.45) is 0 Å². The highest BCUT2D eigenvalue weighted by Crippen LogP contribution is 2.33. The number of benzene rings is 2. The second-order valence-corrected chi connectivity index (χ2v) is 6.35. The first-order valence-corrected chi connectivity index (χ1v) is 8.58. The lowest BCUT2D eigenvalue weighted by molar-refractivity contribution is 0.0962. The maximum atomic E-state index is 12.5. The number of nitrogens with zero attached hydrogens (tertiary/aromatic N) is 2. The molecule has 3 aromatic rings. The largest absolute Gasteiger partial charge is 0.497 e. The predicted molar refractivity (Wildman–Crippen MR) is 100 cm³/mol. The number of hydrogen-bond acceptors (Lipinski definition) is 5. The standard InChI is InChI=1S/C21H19N3O2/c1-26-17-9-7-14(8-10-17)15-11-19-18(20(25)12-15)13-22-21(24-19)23-16-5-3-2-4-6-16/h2-10,13,15H,11-12H2,1H3,(H,22,23,24). The lowest BCUT2D eigenvalue weighted by Gasteiger charge is -2.23. The van der Waals surface area contributed by atoms with Gasteiger partial charge in [0.15, 0.2) is 5.78 Å².